The zero-order valence-corrected chi connectivity index (χ0v) is 15.1. The Hall–Kier alpha value is -3.49. The van der Waals surface area contributed by atoms with Gasteiger partial charge in [-0.2, -0.15) is 0 Å². The number of rotatable bonds is 5. The van der Waals surface area contributed by atoms with Gasteiger partial charge in [-0.15, -0.1) is 0 Å². The second-order valence-corrected chi connectivity index (χ2v) is 5.89. The van der Waals surface area contributed by atoms with Crippen LogP contribution in [0.25, 0.3) is 10.9 Å². The van der Waals surface area contributed by atoms with Crippen LogP contribution in [0.1, 0.15) is 36.0 Å². The summed E-state index contributed by atoms with van der Waals surface area (Å²) >= 11 is 0. The number of hydrogen-bond donors (Lipinski definition) is 1. The van der Waals surface area contributed by atoms with E-state index in [2.05, 4.69) is 15.5 Å². The lowest BCUT2D eigenvalue weighted by Gasteiger charge is -2.14. The molecule has 9 nitrogen and oxygen atoms in total. The van der Waals surface area contributed by atoms with Gasteiger partial charge in [0, 0.05) is 11.6 Å². The first kappa shape index (κ1) is 18.3. The fourth-order valence-corrected chi connectivity index (χ4v) is 2.54. The highest BCUT2D eigenvalue weighted by Gasteiger charge is 2.19. The average Bonchev–Trinajstić information content (AvgIpc) is 3.06. The monoisotopic (exact) mass is 370 g/mol. The Bertz CT molecular complexity index is 1070. The van der Waals surface area contributed by atoms with Crippen molar-refractivity contribution in [2.75, 3.05) is 11.9 Å². The first-order chi connectivity index (χ1) is 12.9. The zero-order valence-electron chi connectivity index (χ0n) is 15.1. The standard InChI is InChI=1S/C18H18N4O5/c1-4-26-18(25)11(3)22-9-19-14-6-5-12(8-13(14)17(22)24)16(23)20-15-7-10(2)27-21-15/h5-9,11H,4H2,1-3H3,(H,20,21,23). The van der Waals surface area contributed by atoms with Gasteiger partial charge in [0.2, 0.25) is 0 Å². The molecule has 2 heterocycles. The number of carbonyl (C=O) groups excluding carboxylic acids is 2. The maximum Gasteiger partial charge on any atom is 0.328 e. The van der Waals surface area contributed by atoms with Crippen LogP contribution in [0, 0.1) is 6.92 Å². The van der Waals surface area contributed by atoms with Gasteiger partial charge in [-0.1, -0.05) is 5.16 Å². The minimum Gasteiger partial charge on any atom is -0.464 e. The maximum atomic E-state index is 12.8. The highest BCUT2D eigenvalue weighted by atomic mass is 16.5. The normalized spacial score (nSPS) is 12.0. The minimum absolute atomic E-state index is 0.213. The zero-order chi connectivity index (χ0) is 19.6. The summed E-state index contributed by atoms with van der Waals surface area (Å²) in [5.74, 6) is -0.143. The molecule has 0 aliphatic heterocycles. The minimum atomic E-state index is -0.829. The van der Waals surface area contributed by atoms with Crippen LogP contribution in [0.4, 0.5) is 5.82 Å². The number of aromatic nitrogens is 3. The van der Waals surface area contributed by atoms with E-state index in [1.807, 2.05) is 0 Å². The van der Waals surface area contributed by atoms with Crippen molar-refractivity contribution in [2.24, 2.45) is 0 Å². The van der Waals surface area contributed by atoms with Gasteiger partial charge in [0.05, 0.1) is 23.8 Å². The van der Waals surface area contributed by atoms with Crippen molar-refractivity contribution in [2.45, 2.75) is 26.8 Å². The first-order valence-electron chi connectivity index (χ1n) is 8.33. The molecule has 3 aromatic rings. The Morgan fingerprint density at radius 3 is 2.78 bits per heavy atom. The van der Waals surface area contributed by atoms with E-state index in [1.54, 1.807) is 39.0 Å². The van der Waals surface area contributed by atoms with E-state index in [4.69, 9.17) is 9.26 Å². The number of hydrogen-bond acceptors (Lipinski definition) is 7. The van der Waals surface area contributed by atoms with Crippen molar-refractivity contribution in [3.8, 4) is 0 Å². The Balaban J connectivity index is 1.96. The number of nitrogens with one attached hydrogen (secondary N) is 1. The quantitative estimate of drug-likeness (QED) is 0.683. The van der Waals surface area contributed by atoms with E-state index in [-0.39, 0.29) is 23.4 Å². The lowest BCUT2D eigenvalue weighted by Crippen LogP contribution is -2.29. The van der Waals surface area contributed by atoms with E-state index in [1.165, 1.54) is 17.0 Å². The highest BCUT2D eigenvalue weighted by molar-refractivity contribution is 6.05. The first-order valence-corrected chi connectivity index (χ1v) is 8.33. The van der Waals surface area contributed by atoms with Crippen molar-refractivity contribution in [1.82, 2.24) is 14.7 Å². The number of aryl methyl sites for hydroxylation is 1. The van der Waals surface area contributed by atoms with Gasteiger partial charge < -0.3 is 14.6 Å². The molecule has 0 saturated carbocycles. The second kappa shape index (κ2) is 7.40. The Labute approximate surface area is 153 Å². The van der Waals surface area contributed by atoms with Crippen molar-refractivity contribution < 1.29 is 18.8 Å². The molecule has 1 N–H and O–H groups in total. The molecule has 0 spiro atoms. The molecule has 1 aromatic carbocycles. The van der Waals surface area contributed by atoms with Crippen LogP contribution in [0.3, 0.4) is 0 Å². The summed E-state index contributed by atoms with van der Waals surface area (Å²) in [4.78, 5) is 41.3. The highest BCUT2D eigenvalue weighted by Crippen LogP contribution is 2.15. The van der Waals surface area contributed by atoms with Gasteiger partial charge >= 0.3 is 5.97 Å². The SMILES string of the molecule is CCOC(=O)C(C)n1cnc2ccc(C(=O)Nc3cc(C)on3)cc2c1=O. The maximum absolute atomic E-state index is 12.8. The molecule has 140 valence electrons. The molecule has 0 radical (unpaired) electrons. The lowest BCUT2D eigenvalue weighted by atomic mass is 10.1. The summed E-state index contributed by atoms with van der Waals surface area (Å²) in [6.45, 7) is 5.16. The van der Waals surface area contributed by atoms with Crippen LogP contribution >= 0.6 is 0 Å². The molecular weight excluding hydrogens is 352 g/mol. The third-order valence-electron chi connectivity index (χ3n) is 3.96. The summed E-state index contributed by atoms with van der Waals surface area (Å²) in [6, 6.07) is 5.30. The summed E-state index contributed by atoms with van der Waals surface area (Å²) in [5.41, 5.74) is 0.234. The number of nitrogens with zero attached hydrogens (tertiary/aromatic N) is 3. The van der Waals surface area contributed by atoms with Crippen molar-refractivity contribution in [3.63, 3.8) is 0 Å². The third-order valence-corrected chi connectivity index (χ3v) is 3.96. The van der Waals surface area contributed by atoms with E-state index in [0.717, 1.165) is 0 Å². The molecule has 0 aliphatic carbocycles. The summed E-state index contributed by atoms with van der Waals surface area (Å²) in [7, 11) is 0. The number of ether oxygens (including phenoxy) is 1. The Morgan fingerprint density at radius 1 is 1.33 bits per heavy atom. The predicted molar refractivity (Wildman–Crippen MR) is 96.5 cm³/mol. The molecule has 27 heavy (non-hydrogen) atoms. The number of fused-ring (bicyclic) bond motifs is 1. The topological polar surface area (TPSA) is 116 Å². The Morgan fingerprint density at radius 2 is 2.11 bits per heavy atom. The molecule has 9 heteroatoms. The van der Waals surface area contributed by atoms with Gasteiger partial charge in [0.25, 0.3) is 11.5 Å². The van der Waals surface area contributed by atoms with Crippen LogP contribution in [-0.2, 0) is 9.53 Å². The molecule has 1 amide bonds. The van der Waals surface area contributed by atoms with E-state index >= 15 is 0 Å². The summed E-state index contributed by atoms with van der Waals surface area (Å²) in [5, 5.41) is 6.51. The fourth-order valence-electron chi connectivity index (χ4n) is 2.54. The fraction of sp³-hybridized carbons (Fsp3) is 0.278. The number of amides is 1. The van der Waals surface area contributed by atoms with E-state index < -0.39 is 23.5 Å². The molecule has 0 saturated heterocycles. The number of carbonyl (C=O) groups is 2. The van der Waals surface area contributed by atoms with Gasteiger partial charge in [-0.05, 0) is 39.0 Å². The van der Waals surface area contributed by atoms with Crippen molar-refractivity contribution in [1.29, 1.82) is 0 Å². The molecule has 0 aliphatic rings. The Kier molecular flexibility index (Phi) is 5.02. The molecule has 0 fully saturated rings. The second-order valence-electron chi connectivity index (χ2n) is 5.89. The largest absolute Gasteiger partial charge is 0.464 e. The van der Waals surface area contributed by atoms with Crippen LogP contribution in [-0.4, -0.2) is 33.2 Å². The van der Waals surface area contributed by atoms with Gasteiger partial charge in [0.15, 0.2) is 5.82 Å². The third kappa shape index (κ3) is 3.71. The molecule has 2 aromatic heterocycles. The van der Waals surface area contributed by atoms with E-state index in [0.29, 0.717) is 11.3 Å². The van der Waals surface area contributed by atoms with Crippen LogP contribution in [0.15, 0.2) is 39.9 Å². The van der Waals surface area contributed by atoms with Crippen molar-refractivity contribution in [3.05, 3.63) is 52.3 Å². The molecule has 1 atom stereocenters. The number of anilines is 1. The van der Waals surface area contributed by atoms with Crippen LogP contribution in [0.5, 0.6) is 0 Å². The summed E-state index contributed by atoms with van der Waals surface area (Å²) in [6.07, 6.45) is 1.30. The summed E-state index contributed by atoms with van der Waals surface area (Å²) < 4.78 is 11.0. The van der Waals surface area contributed by atoms with Crippen molar-refractivity contribution >= 4 is 28.6 Å². The van der Waals surface area contributed by atoms with Gasteiger partial charge in [-0.3, -0.25) is 14.2 Å². The molecule has 3 rings (SSSR count). The van der Waals surface area contributed by atoms with Gasteiger partial charge in [0.1, 0.15) is 11.8 Å². The number of benzene rings is 1. The molecular formula is C18H18N4O5. The van der Waals surface area contributed by atoms with Gasteiger partial charge in [-0.25, -0.2) is 9.78 Å². The van der Waals surface area contributed by atoms with Crippen LogP contribution in [0.2, 0.25) is 0 Å². The lowest BCUT2D eigenvalue weighted by molar-refractivity contribution is -0.146. The molecule has 0 bridgehead atoms. The predicted octanol–water partition coefficient (Wildman–Crippen LogP) is 2.07. The van der Waals surface area contributed by atoms with Crippen LogP contribution < -0.4 is 10.9 Å². The smallest absolute Gasteiger partial charge is 0.328 e. The molecule has 1 unspecified atom stereocenters. The number of esters is 1. The van der Waals surface area contributed by atoms with E-state index in [9.17, 15) is 14.4 Å². The average molecular weight is 370 g/mol.